The molecule has 2 fully saturated rings. The summed E-state index contributed by atoms with van der Waals surface area (Å²) in [6.07, 6.45) is 1.33. The number of ether oxygens (including phenoxy) is 2. The summed E-state index contributed by atoms with van der Waals surface area (Å²) in [5, 5.41) is 0. The third-order valence-electron chi connectivity index (χ3n) is 4.90. The minimum atomic E-state index is -3.62. The van der Waals surface area contributed by atoms with Crippen molar-refractivity contribution in [2.45, 2.75) is 39.2 Å². The Bertz CT molecular complexity index is 546. The van der Waals surface area contributed by atoms with Crippen LogP contribution in [0.2, 0.25) is 0 Å². The second-order valence-corrected chi connectivity index (χ2v) is 8.94. The van der Waals surface area contributed by atoms with Gasteiger partial charge in [0.25, 0.3) is 10.2 Å². The molecule has 0 aromatic heterocycles. The maximum Gasteiger partial charge on any atom is 0.310 e. The van der Waals surface area contributed by atoms with Crippen LogP contribution in [-0.4, -0.2) is 81.7 Å². The molecule has 2 saturated heterocycles. The van der Waals surface area contributed by atoms with E-state index in [1.165, 1.54) is 4.31 Å². The van der Waals surface area contributed by atoms with Crippen molar-refractivity contribution in [1.29, 1.82) is 0 Å². The van der Waals surface area contributed by atoms with Gasteiger partial charge in [-0.25, -0.2) is 4.72 Å². The Kier molecular flexibility index (Phi) is 7.21. The van der Waals surface area contributed by atoms with E-state index < -0.39 is 10.2 Å². The normalized spacial score (nSPS) is 24.2. The zero-order chi connectivity index (χ0) is 18.5. The number of hydrogen-bond donors (Lipinski definition) is 1. The van der Waals surface area contributed by atoms with Gasteiger partial charge in [0.05, 0.1) is 25.7 Å². The average Bonchev–Trinajstić information content (AvgIpc) is 2.61. The second kappa shape index (κ2) is 8.77. The van der Waals surface area contributed by atoms with Gasteiger partial charge in [0.1, 0.15) is 0 Å². The Morgan fingerprint density at radius 3 is 2.60 bits per heavy atom. The van der Waals surface area contributed by atoms with Crippen LogP contribution in [0.5, 0.6) is 0 Å². The molecule has 0 radical (unpaired) electrons. The van der Waals surface area contributed by atoms with Crippen molar-refractivity contribution in [3.05, 3.63) is 0 Å². The van der Waals surface area contributed by atoms with Crippen LogP contribution in [-0.2, 0) is 24.5 Å². The summed E-state index contributed by atoms with van der Waals surface area (Å²) in [6.45, 7) is 9.99. The number of esters is 1. The monoisotopic (exact) mass is 377 g/mol. The van der Waals surface area contributed by atoms with E-state index >= 15 is 0 Å². The number of carbonyl (C=O) groups excluding carboxylic acids is 1. The quantitative estimate of drug-likeness (QED) is 0.638. The van der Waals surface area contributed by atoms with Crippen LogP contribution in [0.4, 0.5) is 0 Å². The smallest absolute Gasteiger partial charge is 0.310 e. The molecule has 2 rings (SSSR count). The molecule has 0 aliphatic carbocycles. The van der Waals surface area contributed by atoms with Crippen molar-refractivity contribution in [2.24, 2.45) is 5.92 Å². The standard InChI is InChI=1S/C16H31N3O5S/c1-4-24-15(20)14-6-5-7-19(12-14)25(21,22)17-13-16(2,3)18-8-10-23-11-9-18/h14,17H,4-13H2,1-3H3. The number of nitrogens with one attached hydrogen (secondary N) is 1. The van der Waals surface area contributed by atoms with Gasteiger partial charge in [0.2, 0.25) is 0 Å². The lowest BCUT2D eigenvalue weighted by atomic mass is 10.0. The van der Waals surface area contributed by atoms with Gasteiger partial charge < -0.3 is 9.47 Å². The Morgan fingerprint density at radius 2 is 1.96 bits per heavy atom. The van der Waals surface area contributed by atoms with E-state index in [0.29, 0.717) is 45.8 Å². The maximum atomic E-state index is 12.7. The summed E-state index contributed by atoms with van der Waals surface area (Å²) in [5.41, 5.74) is -0.298. The van der Waals surface area contributed by atoms with Crippen LogP contribution < -0.4 is 4.72 Å². The van der Waals surface area contributed by atoms with Crippen LogP contribution in [0.1, 0.15) is 33.6 Å². The lowest BCUT2D eigenvalue weighted by Crippen LogP contribution is -2.57. The fraction of sp³-hybridized carbons (Fsp3) is 0.938. The first-order chi connectivity index (χ1) is 11.8. The molecule has 2 heterocycles. The van der Waals surface area contributed by atoms with Gasteiger partial charge in [-0.3, -0.25) is 9.69 Å². The van der Waals surface area contributed by atoms with Gasteiger partial charge in [0.15, 0.2) is 0 Å². The van der Waals surface area contributed by atoms with E-state index in [2.05, 4.69) is 9.62 Å². The van der Waals surface area contributed by atoms with E-state index in [4.69, 9.17) is 9.47 Å². The molecule has 2 aliphatic rings. The first-order valence-electron chi connectivity index (χ1n) is 9.00. The van der Waals surface area contributed by atoms with Crippen LogP contribution in [0.3, 0.4) is 0 Å². The van der Waals surface area contributed by atoms with E-state index in [9.17, 15) is 13.2 Å². The average molecular weight is 378 g/mol. The third kappa shape index (κ3) is 5.62. The summed E-state index contributed by atoms with van der Waals surface area (Å²) in [6, 6.07) is 0. The Hall–Kier alpha value is -0.740. The van der Waals surface area contributed by atoms with Crippen molar-refractivity contribution in [1.82, 2.24) is 13.9 Å². The largest absolute Gasteiger partial charge is 0.466 e. The molecule has 146 valence electrons. The first kappa shape index (κ1) is 20.6. The lowest BCUT2D eigenvalue weighted by Gasteiger charge is -2.41. The fourth-order valence-electron chi connectivity index (χ4n) is 3.25. The second-order valence-electron chi connectivity index (χ2n) is 7.19. The lowest BCUT2D eigenvalue weighted by molar-refractivity contribution is -0.149. The highest BCUT2D eigenvalue weighted by Gasteiger charge is 2.35. The molecule has 0 saturated carbocycles. The number of piperidine rings is 1. The van der Waals surface area contributed by atoms with Crippen molar-refractivity contribution in [2.75, 3.05) is 52.5 Å². The van der Waals surface area contributed by atoms with Crippen LogP contribution >= 0.6 is 0 Å². The molecular weight excluding hydrogens is 346 g/mol. The number of morpholine rings is 1. The van der Waals surface area contributed by atoms with E-state index in [-0.39, 0.29) is 24.0 Å². The summed E-state index contributed by atoms with van der Waals surface area (Å²) >= 11 is 0. The molecular formula is C16H31N3O5S. The van der Waals surface area contributed by atoms with Gasteiger partial charge in [0, 0.05) is 38.3 Å². The molecule has 0 spiro atoms. The maximum absolute atomic E-state index is 12.7. The van der Waals surface area contributed by atoms with Crippen molar-refractivity contribution < 1.29 is 22.7 Å². The molecule has 1 atom stereocenters. The molecule has 8 nitrogen and oxygen atoms in total. The first-order valence-corrected chi connectivity index (χ1v) is 10.4. The molecule has 1 unspecified atom stereocenters. The van der Waals surface area contributed by atoms with E-state index in [1.54, 1.807) is 6.92 Å². The van der Waals surface area contributed by atoms with Crippen LogP contribution in [0.15, 0.2) is 0 Å². The molecule has 0 bridgehead atoms. The Labute approximate surface area is 151 Å². The zero-order valence-corrected chi connectivity index (χ0v) is 16.3. The van der Waals surface area contributed by atoms with Gasteiger partial charge in [-0.2, -0.15) is 12.7 Å². The summed E-state index contributed by atoms with van der Waals surface area (Å²) in [4.78, 5) is 14.1. The van der Waals surface area contributed by atoms with E-state index in [0.717, 1.165) is 13.1 Å². The number of nitrogens with zero attached hydrogens (tertiary/aromatic N) is 2. The minimum absolute atomic E-state index is 0.187. The highest BCUT2D eigenvalue weighted by molar-refractivity contribution is 7.87. The number of hydrogen-bond acceptors (Lipinski definition) is 6. The molecule has 25 heavy (non-hydrogen) atoms. The van der Waals surface area contributed by atoms with Crippen molar-refractivity contribution in [3.8, 4) is 0 Å². The number of carbonyl (C=O) groups is 1. The van der Waals surface area contributed by atoms with Crippen LogP contribution in [0.25, 0.3) is 0 Å². The molecule has 9 heteroatoms. The third-order valence-corrected chi connectivity index (χ3v) is 6.42. The van der Waals surface area contributed by atoms with E-state index in [1.807, 2.05) is 13.8 Å². The predicted octanol–water partition coefficient (Wildman–Crippen LogP) is 0.207. The molecule has 0 aromatic rings. The Balaban J connectivity index is 1.92. The molecule has 1 N–H and O–H groups in total. The van der Waals surface area contributed by atoms with Gasteiger partial charge in [-0.05, 0) is 33.6 Å². The SMILES string of the molecule is CCOC(=O)C1CCCN(S(=O)(=O)NCC(C)(C)N2CCOCC2)C1. The molecule has 0 amide bonds. The molecule has 2 aliphatic heterocycles. The van der Waals surface area contributed by atoms with Crippen molar-refractivity contribution >= 4 is 16.2 Å². The summed E-state index contributed by atoms with van der Waals surface area (Å²) in [5.74, 6) is -0.687. The highest BCUT2D eigenvalue weighted by Crippen LogP contribution is 2.21. The summed E-state index contributed by atoms with van der Waals surface area (Å²) in [7, 11) is -3.62. The van der Waals surface area contributed by atoms with Crippen molar-refractivity contribution in [3.63, 3.8) is 0 Å². The number of rotatable bonds is 7. The minimum Gasteiger partial charge on any atom is -0.466 e. The zero-order valence-electron chi connectivity index (χ0n) is 15.5. The topological polar surface area (TPSA) is 88.2 Å². The summed E-state index contributed by atoms with van der Waals surface area (Å²) < 4.78 is 39.8. The van der Waals surface area contributed by atoms with Crippen LogP contribution in [0, 0.1) is 5.92 Å². The van der Waals surface area contributed by atoms with Gasteiger partial charge in [-0.15, -0.1) is 0 Å². The van der Waals surface area contributed by atoms with Gasteiger partial charge in [-0.1, -0.05) is 0 Å². The molecule has 0 aromatic carbocycles. The highest BCUT2D eigenvalue weighted by atomic mass is 32.2. The van der Waals surface area contributed by atoms with Gasteiger partial charge >= 0.3 is 5.97 Å². The Morgan fingerprint density at radius 1 is 1.28 bits per heavy atom. The fourth-order valence-corrected chi connectivity index (χ4v) is 4.72. The predicted molar refractivity (Wildman–Crippen MR) is 94.3 cm³/mol.